The van der Waals surface area contributed by atoms with Crippen LogP contribution in [0.25, 0.3) is 0 Å². The lowest BCUT2D eigenvalue weighted by Crippen LogP contribution is -2.30. The van der Waals surface area contributed by atoms with Gasteiger partial charge in [0.05, 0.1) is 19.8 Å². The van der Waals surface area contributed by atoms with E-state index in [1.807, 2.05) is 12.2 Å². The van der Waals surface area contributed by atoms with Gasteiger partial charge in [-0.1, -0.05) is 206 Å². The molecule has 0 aliphatic carbocycles. The monoisotopic (exact) mass is 1080 g/mol. The van der Waals surface area contributed by atoms with E-state index in [4.69, 9.17) is 23.3 Å². The molecule has 0 aliphatic rings. The summed E-state index contributed by atoms with van der Waals surface area (Å²) in [6.07, 6.45) is 71.4. The van der Waals surface area contributed by atoms with Gasteiger partial charge < -0.3 is 24.2 Å². The first kappa shape index (κ1) is 71.6. The molecule has 0 spiro atoms. The average molecular weight is 1080 g/mol. The Bertz CT molecular complexity index is 1780. The second-order valence-corrected chi connectivity index (χ2v) is 20.1. The number of phosphoric acid groups is 1. The summed E-state index contributed by atoms with van der Waals surface area (Å²) in [7, 11) is -4.79. The number of aliphatic hydroxyl groups excluding tert-OH is 1. The number of hydrogen-bond acceptors (Lipinski definition) is 10. The number of esters is 3. The minimum Gasteiger partial charge on any atom is -0.462 e. The van der Waals surface area contributed by atoms with Crippen LogP contribution in [0, 0.1) is 0 Å². The fourth-order valence-corrected chi connectivity index (χ4v) is 7.97. The van der Waals surface area contributed by atoms with Gasteiger partial charge in [0, 0.05) is 19.3 Å². The molecule has 0 aromatic heterocycles. The van der Waals surface area contributed by atoms with Crippen molar-refractivity contribution in [2.45, 2.75) is 226 Å². The van der Waals surface area contributed by atoms with Crippen LogP contribution in [-0.2, 0) is 42.2 Å². The molecule has 0 aromatic rings. The third-order valence-corrected chi connectivity index (χ3v) is 12.5. The minimum atomic E-state index is -4.79. The molecule has 0 saturated carbocycles. The van der Waals surface area contributed by atoms with E-state index in [0.29, 0.717) is 19.3 Å². The highest BCUT2D eigenvalue weighted by molar-refractivity contribution is 7.47. The van der Waals surface area contributed by atoms with Gasteiger partial charge in [-0.25, -0.2) is 4.57 Å². The van der Waals surface area contributed by atoms with E-state index in [0.717, 1.165) is 116 Å². The van der Waals surface area contributed by atoms with Crippen LogP contribution in [0.1, 0.15) is 213 Å². The Labute approximate surface area is 461 Å². The summed E-state index contributed by atoms with van der Waals surface area (Å²) in [5, 5.41) is 9.82. The van der Waals surface area contributed by atoms with Crippen molar-refractivity contribution < 1.29 is 52.2 Å². The van der Waals surface area contributed by atoms with Crippen molar-refractivity contribution in [3.8, 4) is 0 Å². The molecule has 0 radical (unpaired) electrons. The lowest BCUT2D eigenvalue weighted by molar-refractivity contribution is -0.161. The van der Waals surface area contributed by atoms with E-state index in [-0.39, 0.29) is 19.3 Å². The topological polar surface area (TPSA) is 155 Å². The van der Waals surface area contributed by atoms with Crippen LogP contribution < -0.4 is 0 Å². The van der Waals surface area contributed by atoms with Crippen LogP contribution in [0.4, 0.5) is 0 Å². The zero-order chi connectivity index (χ0) is 55.5. The lowest BCUT2D eigenvalue weighted by atomic mass is 10.1. The number of carbonyl (C=O) groups is 3. The first-order chi connectivity index (χ1) is 37.2. The SMILES string of the molecule is CC/C=C\C/C=C\C/C=C\C/C=C\C/C=C\C/C=C\CCC(=O)OCC(COP(=O)(O)OCC(CO)OC(=O)CCCCCCC/C=C\CCCCCCCC)OC(=O)CCCC/C=C\C/C=C\C/C=C\C/C=C\CC. The molecule has 0 aliphatic heterocycles. The van der Waals surface area contributed by atoms with Crippen molar-refractivity contribution in [1.29, 1.82) is 0 Å². The lowest BCUT2D eigenvalue weighted by Gasteiger charge is -2.21. The van der Waals surface area contributed by atoms with Crippen LogP contribution in [0.5, 0.6) is 0 Å². The van der Waals surface area contributed by atoms with Crippen LogP contribution in [-0.4, -0.2) is 66.5 Å². The zero-order valence-corrected chi connectivity index (χ0v) is 48.3. The Morgan fingerprint density at radius 3 is 1.14 bits per heavy atom. The predicted molar refractivity (Wildman–Crippen MR) is 316 cm³/mol. The number of rotatable bonds is 52. The van der Waals surface area contributed by atoms with Crippen molar-refractivity contribution in [3.63, 3.8) is 0 Å². The minimum absolute atomic E-state index is 0.0844. The molecule has 430 valence electrons. The summed E-state index contributed by atoms with van der Waals surface area (Å²) in [5.41, 5.74) is 0. The van der Waals surface area contributed by atoms with Crippen molar-refractivity contribution in [3.05, 3.63) is 134 Å². The number of carbonyl (C=O) groups excluding carboxylic acids is 3. The maximum atomic E-state index is 12.9. The maximum Gasteiger partial charge on any atom is 0.472 e. The molecule has 3 atom stereocenters. The number of phosphoric ester groups is 1. The third kappa shape index (κ3) is 54.4. The normalized spacial score (nSPS) is 14.3. The molecule has 0 saturated heterocycles. The van der Waals surface area contributed by atoms with Crippen LogP contribution in [0.3, 0.4) is 0 Å². The smallest absolute Gasteiger partial charge is 0.462 e. The summed E-state index contributed by atoms with van der Waals surface area (Å²) in [6.45, 7) is 4.25. The number of allylic oxidation sites excluding steroid dienone is 22. The Balaban J connectivity index is 4.90. The van der Waals surface area contributed by atoms with Gasteiger partial charge in [0.2, 0.25) is 0 Å². The predicted octanol–water partition coefficient (Wildman–Crippen LogP) is 17.4. The van der Waals surface area contributed by atoms with Gasteiger partial charge in [-0.2, -0.15) is 0 Å². The van der Waals surface area contributed by atoms with Gasteiger partial charge in [-0.05, 0) is 122 Å². The Hall–Kier alpha value is -4.38. The van der Waals surface area contributed by atoms with E-state index in [1.165, 1.54) is 38.5 Å². The molecule has 3 unspecified atom stereocenters. The van der Waals surface area contributed by atoms with Gasteiger partial charge in [-0.15, -0.1) is 0 Å². The quantitative estimate of drug-likeness (QED) is 0.0197. The molecule has 0 heterocycles. The fraction of sp³-hybridized carbons (Fsp3) is 0.609. The van der Waals surface area contributed by atoms with Crippen LogP contribution in [0.2, 0.25) is 0 Å². The Morgan fingerprint density at radius 1 is 0.382 bits per heavy atom. The Kier molecular flexibility index (Phi) is 53.5. The zero-order valence-electron chi connectivity index (χ0n) is 47.4. The molecule has 12 heteroatoms. The summed E-state index contributed by atoms with van der Waals surface area (Å²) >= 11 is 0. The van der Waals surface area contributed by atoms with Crippen LogP contribution >= 0.6 is 7.82 Å². The molecule has 0 amide bonds. The third-order valence-electron chi connectivity index (χ3n) is 11.6. The standard InChI is InChI=1S/C64H103O11P/c1-4-7-10-13-16-19-22-25-28-29-30-31-34-35-38-41-44-47-50-53-62(66)71-57-61(75-64(68)55-52-49-46-43-40-37-33-27-24-21-18-15-12-9-6-3)59-73-76(69,70)72-58-60(56-65)74-63(67)54-51-48-45-42-39-36-32-26-23-20-17-14-11-8-5-2/h7,9-10,12,16,18-19,21,25-28,30-33,35,38,40,43-44,47,60-61,65H,4-6,8,11,13-15,17,20,22-24,29,34,36-37,39,41-42,45-46,48-59H2,1-3H3,(H,69,70)/b10-7-,12-9-,19-16-,21-18-,28-25-,31-30-,32-26-,33-27-,38-35-,43-40-,47-44-. The maximum absolute atomic E-state index is 12.9. The van der Waals surface area contributed by atoms with E-state index in [9.17, 15) is 28.9 Å². The highest BCUT2D eigenvalue weighted by Gasteiger charge is 2.28. The number of ether oxygens (including phenoxy) is 3. The number of aliphatic hydroxyl groups is 1. The average Bonchev–Trinajstić information content (AvgIpc) is 3.41. The molecule has 0 fully saturated rings. The van der Waals surface area contributed by atoms with Crippen molar-refractivity contribution in [2.24, 2.45) is 0 Å². The van der Waals surface area contributed by atoms with E-state index >= 15 is 0 Å². The first-order valence-corrected chi connectivity index (χ1v) is 30.6. The van der Waals surface area contributed by atoms with Crippen molar-refractivity contribution in [2.75, 3.05) is 26.4 Å². The fourth-order valence-electron chi connectivity index (χ4n) is 7.19. The second-order valence-electron chi connectivity index (χ2n) is 18.7. The van der Waals surface area contributed by atoms with Crippen molar-refractivity contribution >= 4 is 25.7 Å². The van der Waals surface area contributed by atoms with E-state index < -0.39 is 64.4 Å². The van der Waals surface area contributed by atoms with Gasteiger partial charge in [-0.3, -0.25) is 23.4 Å². The van der Waals surface area contributed by atoms with E-state index in [1.54, 1.807) is 0 Å². The largest absolute Gasteiger partial charge is 0.472 e. The summed E-state index contributed by atoms with van der Waals surface area (Å²) in [5.74, 6) is -1.64. The van der Waals surface area contributed by atoms with Crippen molar-refractivity contribution in [1.82, 2.24) is 0 Å². The first-order valence-electron chi connectivity index (χ1n) is 29.1. The molecular formula is C64H103O11P. The molecular weight excluding hydrogens is 976 g/mol. The second kappa shape index (κ2) is 56.8. The van der Waals surface area contributed by atoms with Crippen LogP contribution in [0.15, 0.2) is 134 Å². The molecule has 0 bridgehead atoms. The summed E-state index contributed by atoms with van der Waals surface area (Å²) in [6, 6.07) is 0. The van der Waals surface area contributed by atoms with Gasteiger partial charge in [0.15, 0.2) is 6.10 Å². The summed E-state index contributed by atoms with van der Waals surface area (Å²) in [4.78, 5) is 48.5. The molecule has 0 aromatic carbocycles. The van der Waals surface area contributed by atoms with Gasteiger partial charge >= 0.3 is 25.7 Å². The highest BCUT2D eigenvalue weighted by atomic mass is 31.2. The molecule has 0 rings (SSSR count). The van der Waals surface area contributed by atoms with Gasteiger partial charge in [0.1, 0.15) is 12.7 Å². The number of hydrogen-bond donors (Lipinski definition) is 2. The molecule has 2 N–H and O–H groups in total. The highest BCUT2D eigenvalue weighted by Crippen LogP contribution is 2.43. The van der Waals surface area contributed by atoms with E-state index in [2.05, 4.69) is 142 Å². The summed E-state index contributed by atoms with van der Waals surface area (Å²) < 4.78 is 39.4. The van der Waals surface area contributed by atoms with Gasteiger partial charge in [0.25, 0.3) is 0 Å². The Morgan fingerprint density at radius 2 is 0.711 bits per heavy atom. The molecule has 76 heavy (non-hydrogen) atoms. The number of unbranched alkanes of at least 4 members (excludes halogenated alkanes) is 13. The molecule has 11 nitrogen and oxygen atoms in total.